The highest BCUT2D eigenvalue weighted by atomic mass is 16.3. The molecular weight excluding hydrogens is 346 g/mol. The molecule has 2 aromatic rings. The molecule has 0 amide bonds. The van der Waals surface area contributed by atoms with Crippen molar-refractivity contribution in [1.29, 1.82) is 0 Å². The van der Waals surface area contributed by atoms with Gasteiger partial charge >= 0.3 is 0 Å². The van der Waals surface area contributed by atoms with Crippen LogP contribution >= 0.6 is 0 Å². The third-order valence-corrected chi connectivity index (χ3v) is 7.01. The number of phenols is 1. The van der Waals surface area contributed by atoms with Crippen molar-refractivity contribution in [2.24, 2.45) is 0 Å². The summed E-state index contributed by atoms with van der Waals surface area (Å²) in [4.78, 5) is 3.58. The van der Waals surface area contributed by atoms with Crippen LogP contribution in [0.15, 0.2) is 18.2 Å². The summed E-state index contributed by atoms with van der Waals surface area (Å²) in [5, 5.41) is 12.0. The van der Waals surface area contributed by atoms with Gasteiger partial charge in [-0.3, -0.25) is 0 Å². The zero-order valence-corrected chi connectivity index (χ0v) is 19.1. The smallest absolute Gasteiger partial charge is 0.133 e. The van der Waals surface area contributed by atoms with E-state index in [0.717, 1.165) is 71.2 Å². The number of benzene rings is 1. The van der Waals surface area contributed by atoms with Gasteiger partial charge in [-0.1, -0.05) is 13.8 Å². The van der Waals surface area contributed by atoms with Gasteiger partial charge in [0.25, 0.3) is 0 Å². The summed E-state index contributed by atoms with van der Waals surface area (Å²) >= 11 is 0. The van der Waals surface area contributed by atoms with Gasteiger partial charge in [0.15, 0.2) is 0 Å². The maximum absolute atomic E-state index is 11.1. The van der Waals surface area contributed by atoms with E-state index in [1.165, 1.54) is 25.1 Å². The first-order valence-electron chi connectivity index (χ1n) is 11.4. The molecule has 0 atom stereocenters. The fourth-order valence-corrected chi connectivity index (χ4v) is 4.86. The Bertz CT molecular complexity index is 742. The highest BCUT2D eigenvalue weighted by molar-refractivity contribution is 5.87. The molecule has 1 aromatic carbocycles. The number of aromatic amines is 1. The van der Waals surface area contributed by atoms with E-state index < -0.39 is 0 Å². The van der Waals surface area contributed by atoms with Gasteiger partial charge in [0.1, 0.15) is 18.8 Å². The summed E-state index contributed by atoms with van der Waals surface area (Å²) < 4.78 is 2.13. The van der Waals surface area contributed by atoms with Crippen LogP contribution in [0.4, 0.5) is 0 Å². The molecule has 0 unspecified atom stereocenters. The number of rotatable bonds is 12. The number of aromatic hydroxyl groups is 1. The lowest BCUT2D eigenvalue weighted by molar-refractivity contribution is -0.938. The topological polar surface area (TPSA) is 36.0 Å². The van der Waals surface area contributed by atoms with Crippen molar-refractivity contribution in [2.45, 2.75) is 67.5 Å². The predicted octanol–water partition coefficient (Wildman–Crippen LogP) is 5.41. The van der Waals surface area contributed by atoms with Crippen LogP contribution in [-0.4, -0.2) is 58.3 Å². The average molecular weight is 390 g/mol. The van der Waals surface area contributed by atoms with Gasteiger partial charge in [-0.25, -0.2) is 0 Å². The molecule has 0 bridgehead atoms. The average Bonchev–Trinajstić information content (AvgIpc) is 3.12. The predicted molar refractivity (Wildman–Crippen MR) is 120 cm³/mol. The summed E-state index contributed by atoms with van der Waals surface area (Å²) in [6.45, 7) is 22.4. The van der Waals surface area contributed by atoms with Gasteiger partial charge < -0.3 is 19.1 Å². The van der Waals surface area contributed by atoms with E-state index in [-0.39, 0.29) is 0 Å². The molecule has 0 saturated heterocycles. The molecule has 0 radical (unpaired) electrons. The van der Waals surface area contributed by atoms with Crippen molar-refractivity contribution in [3.05, 3.63) is 29.5 Å². The molecule has 2 N–H and O–H groups in total. The first kappa shape index (κ1) is 22.8. The van der Waals surface area contributed by atoms with Crippen molar-refractivity contribution in [2.75, 3.05) is 39.3 Å². The van der Waals surface area contributed by atoms with Gasteiger partial charge in [-0.05, 0) is 58.7 Å². The number of fused-ring (bicyclic) bond motifs is 1. The SMILES string of the molecule is CCC[N+](CC)(CC)Cc1cc2c(O)c(C[N+](CC)(CC)CCC)ccc2[nH]1. The molecule has 28 heavy (non-hydrogen) atoms. The highest BCUT2D eigenvalue weighted by Gasteiger charge is 2.26. The van der Waals surface area contributed by atoms with E-state index in [9.17, 15) is 5.11 Å². The minimum Gasteiger partial charge on any atom is -0.507 e. The number of H-pyrrole nitrogens is 1. The molecule has 4 nitrogen and oxygen atoms in total. The van der Waals surface area contributed by atoms with Crippen LogP contribution in [0.3, 0.4) is 0 Å². The second kappa shape index (κ2) is 9.80. The van der Waals surface area contributed by atoms with E-state index in [2.05, 4.69) is 64.7 Å². The number of nitrogens with one attached hydrogen (secondary N) is 1. The number of aromatic nitrogens is 1. The second-order valence-corrected chi connectivity index (χ2v) is 8.54. The summed E-state index contributed by atoms with van der Waals surface area (Å²) in [5.74, 6) is 0.474. The minimum atomic E-state index is 0.474. The van der Waals surface area contributed by atoms with Crippen molar-refractivity contribution in [3.8, 4) is 5.75 Å². The number of hydrogen-bond acceptors (Lipinski definition) is 1. The minimum absolute atomic E-state index is 0.474. The molecular formula is C24H43N3O+2. The van der Waals surface area contributed by atoms with Gasteiger partial charge in [-0.2, -0.15) is 0 Å². The van der Waals surface area contributed by atoms with E-state index in [0.29, 0.717) is 5.75 Å². The van der Waals surface area contributed by atoms with E-state index >= 15 is 0 Å². The van der Waals surface area contributed by atoms with Gasteiger partial charge in [0.2, 0.25) is 0 Å². The van der Waals surface area contributed by atoms with E-state index in [4.69, 9.17) is 0 Å². The lowest BCUT2D eigenvalue weighted by Crippen LogP contribution is -2.47. The Morgan fingerprint density at radius 2 is 1.32 bits per heavy atom. The van der Waals surface area contributed by atoms with Crippen LogP contribution in [0.5, 0.6) is 5.75 Å². The molecule has 1 aromatic heterocycles. The Morgan fingerprint density at radius 1 is 0.786 bits per heavy atom. The van der Waals surface area contributed by atoms with Crippen LogP contribution in [0.1, 0.15) is 65.6 Å². The van der Waals surface area contributed by atoms with Crippen molar-refractivity contribution >= 4 is 10.9 Å². The molecule has 158 valence electrons. The molecule has 1 heterocycles. The largest absolute Gasteiger partial charge is 0.507 e. The molecule has 0 fully saturated rings. The summed E-state index contributed by atoms with van der Waals surface area (Å²) in [6, 6.07) is 6.47. The number of phenolic OH excluding ortho intramolecular Hbond substituents is 1. The second-order valence-electron chi connectivity index (χ2n) is 8.54. The van der Waals surface area contributed by atoms with Crippen LogP contribution in [0.25, 0.3) is 10.9 Å². The van der Waals surface area contributed by atoms with Gasteiger partial charge in [0, 0.05) is 16.5 Å². The first-order chi connectivity index (χ1) is 13.4. The van der Waals surface area contributed by atoms with Crippen molar-refractivity contribution in [1.82, 2.24) is 4.98 Å². The Morgan fingerprint density at radius 3 is 1.82 bits per heavy atom. The number of quaternary nitrogens is 2. The maximum Gasteiger partial charge on any atom is 0.133 e. The van der Waals surface area contributed by atoms with Crippen molar-refractivity contribution in [3.63, 3.8) is 0 Å². The monoisotopic (exact) mass is 389 g/mol. The first-order valence-corrected chi connectivity index (χ1v) is 11.4. The van der Waals surface area contributed by atoms with Crippen LogP contribution in [-0.2, 0) is 13.1 Å². The molecule has 0 aliphatic carbocycles. The fourth-order valence-electron chi connectivity index (χ4n) is 4.86. The summed E-state index contributed by atoms with van der Waals surface area (Å²) in [6.07, 6.45) is 2.37. The molecule has 0 aliphatic heterocycles. The Hall–Kier alpha value is -1.52. The lowest BCUT2D eigenvalue weighted by Gasteiger charge is -2.37. The standard InChI is InChI=1S/C24H42N3O/c1-7-15-26(9-3,10-4)18-20-13-14-23-22(24(20)28)17-21(25-23)19-27(11-5,12-6)16-8-2/h13-14,17,25H,7-12,15-16,18-19H2,1-6H3/q+1/p+1. The van der Waals surface area contributed by atoms with Crippen LogP contribution < -0.4 is 0 Å². The molecule has 0 spiro atoms. The Labute approximate surface area is 172 Å². The molecule has 2 rings (SSSR count). The van der Waals surface area contributed by atoms with E-state index in [1.54, 1.807) is 0 Å². The third-order valence-electron chi connectivity index (χ3n) is 7.01. The van der Waals surface area contributed by atoms with Gasteiger partial charge in [0.05, 0.1) is 45.0 Å². The molecule has 0 aliphatic rings. The van der Waals surface area contributed by atoms with Crippen LogP contribution in [0.2, 0.25) is 0 Å². The Kier molecular flexibility index (Phi) is 7.97. The molecule has 0 saturated carbocycles. The summed E-state index contributed by atoms with van der Waals surface area (Å²) in [7, 11) is 0. The summed E-state index contributed by atoms with van der Waals surface area (Å²) in [5.41, 5.74) is 3.37. The van der Waals surface area contributed by atoms with Crippen molar-refractivity contribution < 1.29 is 14.1 Å². The fraction of sp³-hybridized carbons (Fsp3) is 0.667. The normalized spacial score (nSPS) is 12.8. The number of hydrogen-bond donors (Lipinski definition) is 2. The zero-order chi connectivity index (χ0) is 20.8. The quantitative estimate of drug-likeness (QED) is 0.468. The maximum atomic E-state index is 11.1. The van der Waals surface area contributed by atoms with E-state index in [1.807, 2.05) is 0 Å². The third kappa shape index (κ3) is 4.72. The zero-order valence-electron chi connectivity index (χ0n) is 19.1. The lowest BCUT2D eigenvalue weighted by atomic mass is 10.1. The van der Waals surface area contributed by atoms with Gasteiger partial charge in [-0.15, -0.1) is 0 Å². The van der Waals surface area contributed by atoms with Crippen LogP contribution in [0, 0.1) is 0 Å². The number of nitrogens with zero attached hydrogens (tertiary/aromatic N) is 2. The highest BCUT2D eigenvalue weighted by Crippen LogP contribution is 2.32. The molecule has 4 heteroatoms. The Balaban J connectivity index is 2.36.